The van der Waals surface area contributed by atoms with Gasteiger partial charge in [-0.15, -0.1) is 17.5 Å². The largest absolute Gasteiger partial charge is 0.340 e. The highest BCUT2D eigenvalue weighted by Gasteiger charge is 2.36. The van der Waals surface area contributed by atoms with E-state index < -0.39 is 33.5 Å². The normalized spacial score (nSPS) is 15.5. The van der Waals surface area contributed by atoms with E-state index in [9.17, 15) is 34.6 Å². The van der Waals surface area contributed by atoms with Crippen LogP contribution >= 0.6 is 24.2 Å². The minimum absolute atomic E-state index is 0. The van der Waals surface area contributed by atoms with Crippen LogP contribution in [0.25, 0.3) is 17.0 Å². The molecule has 6 rings (SSSR count). The number of halogens is 1. The van der Waals surface area contributed by atoms with Gasteiger partial charge >= 0.3 is 5.97 Å². The molecule has 15 heteroatoms. The number of rotatable bonds is 8. The number of benzene rings is 3. The fourth-order valence-corrected chi connectivity index (χ4v) is 6.60. The average Bonchev–Trinajstić information content (AvgIpc) is 3.53. The van der Waals surface area contributed by atoms with Gasteiger partial charge in [0.25, 0.3) is 23.2 Å². The van der Waals surface area contributed by atoms with Gasteiger partial charge < -0.3 is 9.74 Å². The van der Waals surface area contributed by atoms with Gasteiger partial charge in [-0.1, -0.05) is 36.0 Å². The van der Waals surface area contributed by atoms with E-state index in [1.807, 2.05) is 59.1 Å². The fourth-order valence-electron chi connectivity index (χ4n) is 5.47. The number of fused-ring (bicyclic) bond motifs is 2. The maximum absolute atomic E-state index is 12.7. The second kappa shape index (κ2) is 13.2. The number of hydrogen-bond acceptors (Lipinski definition) is 10. The number of para-hydroxylation sites is 1. The van der Waals surface area contributed by atoms with Gasteiger partial charge in [0.15, 0.2) is 12.7 Å². The first-order valence-electron chi connectivity index (χ1n) is 14.2. The Labute approximate surface area is 278 Å². The zero-order valence-electron chi connectivity index (χ0n) is 25.0. The molecule has 2 amide bonds. The monoisotopic (exact) mass is 676 g/mol. The topological polar surface area (TPSA) is 157 Å². The number of carbonyl (C=O) groups excluding carboxylic acids is 3. The van der Waals surface area contributed by atoms with Gasteiger partial charge in [0, 0.05) is 66.2 Å². The van der Waals surface area contributed by atoms with Crippen LogP contribution in [0.5, 0.6) is 0 Å². The lowest BCUT2D eigenvalue weighted by molar-refractivity contribution is -0.662. The van der Waals surface area contributed by atoms with Crippen molar-refractivity contribution in [2.24, 2.45) is 0 Å². The third-order valence-electron chi connectivity index (χ3n) is 7.95. The van der Waals surface area contributed by atoms with E-state index in [1.165, 1.54) is 36.9 Å². The number of nitro benzene ring substituents is 2. The summed E-state index contributed by atoms with van der Waals surface area (Å²) in [7, 11) is 1.91. The van der Waals surface area contributed by atoms with Crippen LogP contribution in [0.4, 0.5) is 17.1 Å². The van der Waals surface area contributed by atoms with Crippen LogP contribution in [-0.4, -0.2) is 39.7 Å². The molecule has 47 heavy (non-hydrogen) atoms. The molecule has 0 radical (unpaired) electrons. The third kappa shape index (κ3) is 6.37. The number of hydroxylamine groups is 2. The van der Waals surface area contributed by atoms with E-state index in [2.05, 4.69) is 0 Å². The van der Waals surface area contributed by atoms with Crippen molar-refractivity contribution >= 4 is 76.0 Å². The molecule has 4 aromatic rings. The zero-order valence-corrected chi connectivity index (χ0v) is 26.7. The summed E-state index contributed by atoms with van der Waals surface area (Å²) in [5.74, 6) is -3.32. The number of nitro groups is 2. The van der Waals surface area contributed by atoms with Crippen LogP contribution in [0, 0.1) is 20.2 Å². The summed E-state index contributed by atoms with van der Waals surface area (Å²) in [6, 6.07) is 19.1. The minimum Gasteiger partial charge on any atom is -0.338 e. The Hall–Kier alpha value is -5.34. The Kier molecular flexibility index (Phi) is 9.26. The number of nitrogens with zero attached hydrogens (tertiary/aromatic N) is 5. The number of imide groups is 1. The highest BCUT2D eigenvalue weighted by molar-refractivity contribution is 8.03. The van der Waals surface area contributed by atoms with Gasteiger partial charge in [-0.25, -0.2) is 4.79 Å². The third-order valence-corrected chi connectivity index (χ3v) is 9.10. The Morgan fingerprint density at radius 2 is 1.74 bits per heavy atom. The summed E-state index contributed by atoms with van der Waals surface area (Å²) >= 11 is 1.45. The Morgan fingerprint density at radius 3 is 2.45 bits per heavy atom. The van der Waals surface area contributed by atoms with Crippen molar-refractivity contribution in [3.63, 3.8) is 0 Å². The van der Waals surface area contributed by atoms with Crippen LogP contribution in [0.3, 0.4) is 0 Å². The van der Waals surface area contributed by atoms with Gasteiger partial charge in [-0.05, 0) is 30.7 Å². The smallest absolute Gasteiger partial charge is 0.338 e. The highest BCUT2D eigenvalue weighted by Crippen LogP contribution is 2.47. The number of anilines is 1. The molecule has 1 aromatic heterocycles. The standard InChI is InChI=1S/C32H26N5O8S.ClH/c1-19(32(40)45-35-29(38)11-12-30(35)39)23-9-7-20(15-27(23)37(43)44)18-34-14-13-21(24-5-3-4-6-25(24)34)16-31-33(2)26-10-8-22(36(41)42)17-28(26)46-31;/h3-10,13-17,19H,11-12,18H2,1-2H3;1H/q+1;. The molecule has 2 aliphatic heterocycles. The number of pyridine rings is 1. The molecule has 1 unspecified atom stereocenters. The van der Waals surface area contributed by atoms with Gasteiger partial charge in [0.2, 0.25) is 5.52 Å². The number of hydrogen-bond donors (Lipinski definition) is 0. The first-order valence-corrected chi connectivity index (χ1v) is 15.0. The highest BCUT2D eigenvalue weighted by atomic mass is 35.5. The van der Waals surface area contributed by atoms with Crippen LogP contribution < -0.4 is 9.47 Å². The first kappa shape index (κ1) is 33.0. The molecule has 0 bridgehead atoms. The number of non-ortho nitro benzene ring substituents is 1. The quantitative estimate of drug-likeness (QED) is 0.0986. The Bertz CT molecular complexity index is 2000. The number of thioether (sulfide) groups is 1. The summed E-state index contributed by atoms with van der Waals surface area (Å²) in [6.45, 7) is 1.71. The molecule has 0 spiro atoms. The van der Waals surface area contributed by atoms with E-state index in [-0.39, 0.29) is 48.7 Å². The van der Waals surface area contributed by atoms with E-state index in [0.29, 0.717) is 10.6 Å². The van der Waals surface area contributed by atoms with Crippen molar-refractivity contribution < 1.29 is 33.6 Å². The molecule has 1 atom stereocenters. The summed E-state index contributed by atoms with van der Waals surface area (Å²) < 4.78 is 1.96. The molecule has 1 saturated heterocycles. The van der Waals surface area contributed by atoms with Crippen LogP contribution in [0.2, 0.25) is 0 Å². The molecule has 3 aromatic carbocycles. The molecule has 1 fully saturated rings. The first-order chi connectivity index (χ1) is 22.0. The second-order valence-corrected chi connectivity index (χ2v) is 11.9. The fraction of sp³-hybridized carbons (Fsp3) is 0.188. The lowest BCUT2D eigenvalue weighted by atomic mass is 9.97. The Morgan fingerprint density at radius 1 is 1.02 bits per heavy atom. The van der Waals surface area contributed by atoms with Crippen LogP contribution in [-0.2, 0) is 25.8 Å². The van der Waals surface area contributed by atoms with Crippen LogP contribution in [0.1, 0.15) is 42.4 Å². The average molecular weight is 677 g/mol. The molecule has 0 N–H and O–H groups in total. The van der Waals surface area contributed by atoms with Crippen molar-refractivity contribution in [2.45, 2.75) is 37.1 Å². The number of aromatic nitrogens is 1. The zero-order chi connectivity index (χ0) is 32.7. The summed E-state index contributed by atoms with van der Waals surface area (Å²) in [5.41, 5.74) is 3.14. The number of amides is 2. The van der Waals surface area contributed by atoms with Crippen molar-refractivity contribution in [1.82, 2.24) is 5.06 Å². The van der Waals surface area contributed by atoms with Crippen molar-refractivity contribution in [3.8, 4) is 0 Å². The van der Waals surface area contributed by atoms with Gasteiger partial charge in [0.05, 0.1) is 31.9 Å². The molecular formula is C32H27ClN5O8S+. The van der Waals surface area contributed by atoms with Crippen molar-refractivity contribution in [3.05, 3.63) is 115 Å². The summed E-state index contributed by atoms with van der Waals surface area (Å²) in [4.78, 5) is 66.6. The van der Waals surface area contributed by atoms with E-state index in [1.54, 1.807) is 18.2 Å². The SMILES string of the molecule is CC(C(=O)ON1C(=O)CCC1=O)c1ccc(C[n+]2ccc(/C=C3\Sc4cc([N+](=O)[O-])ccc4N3C)c3ccccc32)cc1[N+](=O)[O-].Cl. The molecule has 13 nitrogen and oxygen atoms in total. The number of carbonyl (C=O) groups is 3. The van der Waals surface area contributed by atoms with E-state index in [0.717, 1.165) is 32.1 Å². The summed E-state index contributed by atoms with van der Waals surface area (Å²) in [6.07, 6.45) is 3.79. The maximum atomic E-state index is 12.7. The second-order valence-electron chi connectivity index (χ2n) is 10.8. The van der Waals surface area contributed by atoms with E-state index >= 15 is 0 Å². The predicted molar refractivity (Wildman–Crippen MR) is 175 cm³/mol. The molecule has 0 saturated carbocycles. The van der Waals surface area contributed by atoms with Crippen molar-refractivity contribution in [2.75, 3.05) is 11.9 Å². The van der Waals surface area contributed by atoms with Crippen LogP contribution in [0.15, 0.2) is 82.9 Å². The van der Waals surface area contributed by atoms with Crippen molar-refractivity contribution in [1.29, 1.82) is 0 Å². The Balaban J connectivity index is 0.00000433. The van der Waals surface area contributed by atoms with Gasteiger partial charge in [0.1, 0.15) is 0 Å². The molecule has 240 valence electrons. The predicted octanol–water partition coefficient (Wildman–Crippen LogP) is 5.67. The maximum Gasteiger partial charge on any atom is 0.340 e. The molecule has 0 aliphatic carbocycles. The molecular weight excluding hydrogens is 650 g/mol. The van der Waals surface area contributed by atoms with Gasteiger partial charge in [-0.3, -0.25) is 29.8 Å². The van der Waals surface area contributed by atoms with E-state index in [4.69, 9.17) is 4.84 Å². The molecule has 2 aliphatic rings. The lowest BCUT2D eigenvalue weighted by Gasteiger charge is -2.16. The minimum atomic E-state index is -1.11. The lowest BCUT2D eigenvalue weighted by Crippen LogP contribution is -2.35. The summed E-state index contributed by atoms with van der Waals surface area (Å²) in [5, 5.41) is 25.6. The molecule has 3 heterocycles. The van der Waals surface area contributed by atoms with Gasteiger partial charge in [-0.2, -0.15) is 4.57 Å².